The maximum Gasteiger partial charge on any atom is 0.274 e. The van der Waals surface area contributed by atoms with Crippen molar-refractivity contribution >= 4 is 29.2 Å². The number of ether oxygens (including phenoxy) is 2. The third-order valence-corrected chi connectivity index (χ3v) is 5.91. The summed E-state index contributed by atoms with van der Waals surface area (Å²) in [5.41, 5.74) is 1.23. The molecule has 1 aromatic carbocycles. The van der Waals surface area contributed by atoms with Crippen LogP contribution in [0.2, 0.25) is 0 Å². The van der Waals surface area contributed by atoms with E-state index in [1.54, 1.807) is 13.2 Å². The predicted octanol–water partition coefficient (Wildman–Crippen LogP) is 4.63. The zero-order valence-electron chi connectivity index (χ0n) is 19.7. The molecule has 2 heterocycles. The van der Waals surface area contributed by atoms with E-state index in [9.17, 15) is 9.18 Å². The number of unbranched alkanes of at least 4 members (excludes halogenated alkanes) is 1. The number of halogens is 2. The van der Waals surface area contributed by atoms with Crippen molar-refractivity contribution in [1.82, 2.24) is 14.8 Å². The van der Waals surface area contributed by atoms with Crippen molar-refractivity contribution < 1.29 is 18.7 Å². The first-order valence-electron chi connectivity index (χ1n) is 11.5. The number of piperidine rings is 1. The highest BCUT2D eigenvalue weighted by Crippen LogP contribution is 2.36. The molecule has 1 aromatic heterocycles. The van der Waals surface area contributed by atoms with Crippen molar-refractivity contribution in [1.29, 1.82) is 0 Å². The molecule has 6 nitrogen and oxygen atoms in total. The molecule has 0 spiro atoms. The molecule has 32 heavy (non-hydrogen) atoms. The Morgan fingerprint density at radius 3 is 2.75 bits per heavy atom. The predicted molar refractivity (Wildman–Crippen MR) is 129 cm³/mol. The second-order valence-electron chi connectivity index (χ2n) is 8.43. The third kappa shape index (κ3) is 5.74. The lowest BCUT2D eigenvalue weighted by Gasteiger charge is -2.38. The molecule has 0 radical (unpaired) electrons. The zero-order valence-corrected chi connectivity index (χ0v) is 20.5. The van der Waals surface area contributed by atoms with Crippen LogP contribution in [0.5, 0.6) is 5.75 Å². The second-order valence-corrected chi connectivity index (χ2v) is 8.43. The number of aryl methyl sites for hydroxylation is 1. The average molecular weight is 470 g/mol. The molecule has 1 aliphatic rings. The molecule has 2 aromatic rings. The molecule has 1 fully saturated rings. The summed E-state index contributed by atoms with van der Waals surface area (Å²) < 4.78 is 27.3. The first kappa shape index (κ1) is 26.4. The number of hydrogen-bond donors (Lipinski definition) is 1. The van der Waals surface area contributed by atoms with E-state index in [2.05, 4.69) is 19.2 Å². The van der Waals surface area contributed by atoms with Crippen LogP contribution in [0.15, 0.2) is 18.2 Å². The van der Waals surface area contributed by atoms with E-state index in [1.807, 2.05) is 16.4 Å². The first-order chi connectivity index (χ1) is 15.0. The summed E-state index contributed by atoms with van der Waals surface area (Å²) in [5.74, 6) is 0.196. The number of carbonyl (C=O) groups excluding carboxylic acids is 1. The molecular formula is C24H37ClFN3O3. The number of fused-ring (bicyclic) bond motifs is 1. The SMILES string of the molecule is CCOc1c(C(=O)N(C(C)C)[C@@H]2CCCNC2)n(CCCCOC)c2cc(F)ccc12.Cl. The second kappa shape index (κ2) is 12.4. The van der Waals surface area contributed by atoms with Gasteiger partial charge in [-0.1, -0.05) is 0 Å². The number of rotatable bonds is 10. The molecule has 1 aliphatic heterocycles. The van der Waals surface area contributed by atoms with Crippen molar-refractivity contribution in [3.8, 4) is 5.75 Å². The maximum atomic E-state index is 14.2. The topological polar surface area (TPSA) is 55.7 Å². The Balaban J connectivity index is 0.00000363. The van der Waals surface area contributed by atoms with Crippen LogP contribution in [-0.4, -0.2) is 60.9 Å². The van der Waals surface area contributed by atoms with Gasteiger partial charge in [0.15, 0.2) is 11.4 Å². The zero-order chi connectivity index (χ0) is 22.4. The largest absolute Gasteiger partial charge is 0.491 e. The quantitative estimate of drug-likeness (QED) is 0.515. The summed E-state index contributed by atoms with van der Waals surface area (Å²) in [6.07, 6.45) is 3.71. The van der Waals surface area contributed by atoms with Gasteiger partial charge in [0, 0.05) is 44.3 Å². The van der Waals surface area contributed by atoms with Gasteiger partial charge in [0.25, 0.3) is 5.91 Å². The van der Waals surface area contributed by atoms with Gasteiger partial charge in [0.2, 0.25) is 0 Å². The highest BCUT2D eigenvalue weighted by atomic mass is 35.5. The Morgan fingerprint density at radius 2 is 2.12 bits per heavy atom. The van der Waals surface area contributed by atoms with Crippen LogP contribution < -0.4 is 10.1 Å². The lowest BCUT2D eigenvalue weighted by molar-refractivity contribution is 0.0558. The van der Waals surface area contributed by atoms with Crippen LogP contribution in [-0.2, 0) is 11.3 Å². The van der Waals surface area contributed by atoms with Crippen molar-refractivity contribution in [3.05, 3.63) is 29.7 Å². The number of nitrogens with zero attached hydrogens (tertiary/aromatic N) is 2. The number of hydrogen-bond acceptors (Lipinski definition) is 4. The molecule has 180 valence electrons. The van der Waals surface area contributed by atoms with E-state index >= 15 is 0 Å². The van der Waals surface area contributed by atoms with Crippen LogP contribution in [0, 0.1) is 5.82 Å². The van der Waals surface area contributed by atoms with Crippen LogP contribution in [0.1, 0.15) is 56.9 Å². The summed E-state index contributed by atoms with van der Waals surface area (Å²) in [5, 5.41) is 4.20. The minimum atomic E-state index is -0.317. The summed E-state index contributed by atoms with van der Waals surface area (Å²) >= 11 is 0. The van der Waals surface area contributed by atoms with E-state index in [-0.39, 0.29) is 36.2 Å². The summed E-state index contributed by atoms with van der Waals surface area (Å²) in [4.78, 5) is 16.0. The summed E-state index contributed by atoms with van der Waals surface area (Å²) in [6.45, 7) is 9.48. The lowest BCUT2D eigenvalue weighted by atomic mass is 10.0. The Morgan fingerprint density at radius 1 is 1.34 bits per heavy atom. The van der Waals surface area contributed by atoms with Gasteiger partial charge in [-0.3, -0.25) is 4.79 Å². The fourth-order valence-electron chi connectivity index (χ4n) is 4.56. The molecule has 1 saturated heterocycles. The van der Waals surface area contributed by atoms with Crippen molar-refractivity contribution in [2.75, 3.05) is 33.4 Å². The summed E-state index contributed by atoms with van der Waals surface area (Å²) in [6, 6.07) is 4.84. The summed E-state index contributed by atoms with van der Waals surface area (Å²) in [7, 11) is 1.68. The highest BCUT2D eigenvalue weighted by Gasteiger charge is 2.33. The third-order valence-electron chi connectivity index (χ3n) is 5.91. The monoisotopic (exact) mass is 469 g/mol. The number of aromatic nitrogens is 1. The van der Waals surface area contributed by atoms with E-state index in [0.29, 0.717) is 36.7 Å². The average Bonchev–Trinajstić information content (AvgIpc) is 3.04. The molecule has 1 atom stereocenters. The van der Waals surface area contributed by atoms with Crippen LogP contribution in [0.25, 0.3) is 10.9 Å². The van der Waals surface area contributed by atoms with Gasteiger partial charge in [-0.25, -0.2) is 4.39 Å². The fourth-order valence-corrected chi connectivity index (χ4v) is 4.56. The van der Waals surface area contributed by atoms with E-state index in [4.69, 9.17) is 9.47 Å². The van der Waals surface area contributed by atoms with Gasteiger partial charge < -0.3 is 24.3 Å². The number of nitrogens with one attached hydrogen (secondary N) is 1. The van der Waals surface area contributed by atoms with Gasteiger partial charge in [0.05, 0.1) is 12.1 Å². The van der Waals surface area contributed by atoms with Crippen LogP contribution in [0.4, 0.5) is 4.39 Å². The molecule has 0 bridgehead atoms. The minimum absolute atomic E-state index is 0. The number of amides is 1. The van der Waals surface area contributed by atoms with Gasteiger partial charge in [-0.05, 0) is 71.2 Å². The molecular weight excluding hydrogens is 433 g/mol. The number of carbonyl (C=O) groups is 1. The Labute approximate surface area is 196 Å². The van der Waals surface area contributed by atoms with E-state index in [0.717, 1.165) is 44.2 Å². The molecule has 0 aliphatic carbocycles. The number of benzene rings is 1. The van der Waals surface area contributed by atoms with Gasteiger partial charge >= 0.3 is 0 Å². The number of methoxy groups -OCH3 is 1. The minimum Gasteiger partial charge on any atom is -0.491 e. The van der Waals surface area contributed by atoms with Crippen molar-refractivity contribution in [3.63, 3.8) is 0 Å². The molecule has 0 saturated carbocycles. The normalized spacial score (nSPS) is 16.2. The van der Waals surface area contributed by atoms with E-state index in [1.165, 1.54) is 12.1 Å². The molecule has 1 N–H and O–H groups in total. The molecule has 1 amide bonds. The smallest absolute Gasteiger partial charge is 0.274 e. The Hall–Kier alpha value is -1.83. The first-order valence-corrected chi connectivity index (χ1v) is 11.5. The molecule has 8 heteroatoms. The molecule has 3 rings (SSSR count). The lowest BCUT2D eigenvalue weighted by Crippen LogP contribution is -2.52. The van der Waals surface area contributed by atoms with Crippen molar-refractivity contribution in [2.24, 2.45) is 0 Å². The van der Waals surface area contributed by atoms with Gasteiger partial charge in [0.1, 0.15) is 5.82 Å². The van der Waals surface area contributed by atoms with Crippen LogP contribution >= 0.6 is 12.4 Å². The standard InChI is InChI=1S/C24H36FN3O3.ClH/c1-5-31-23-20-11-10-18(25)15-21(20)27(13-6-7-14-30-4)22(23)24(29)28(17(2)3)19-9-8-12-26-16-19;/h10-11,15,17,19,26H,5-9,12-14,16H2,1-4H3;1H/t19-;/m1./s1. The Bertz CT molecular complexity index is 881. The van der Waals surface area contributed by atoms with Crippen LogP contribution in [0.3, 0.4) is 0 Å². The van der Waals surface area contributed by atoms with E-state index < -0.39 is 0 Å². The Kier molecular flexibility index (Phi) is 10.3. The highest BCUT2D eigenvalue weighted by molar-refractivity contribution is 6.04. The maximum absolute atomic E-state index is 14.2. The molecule has 0 unspecified atom stereocenters. The van der Waals surface area contributed by atoms with Gasteiger partial charge in [-0.15, -0.1) is 12.4 Å². The van der Waals surface area contributed by atoms with Gasteiger partial charge in [-0.2, -0.15) is 0 Å². The fraction of sp³-hybridized carbons (Fsp3) is 0.625. The van der Waals surface area contributed by atoms with Crippen molar-refractivity contribution in [2.45, 2.75) is 65.1 Å².